The number of aryl methyl sites for hydroxylation is 1. The minimum absolute atomic E-state index is 0.168. The normalized spacial score (nSPS) is 11.7. The number of hydrogen-bond donors (Lipinski definition) is 3. The zero-order valence-corrected chi connectivity index (χ0v) is 15.2. The molecule has 0 radical (unpaired) electrons. The number of alkyl halides is 3. The first-order chi connectivity index (χ1) is 13.7. The second kappa shape index (κ2) is 6.69. The Morgan fingerprint density at radius 3 is 2.48 bits per heavy atom. The van der Waals surface area contributed by atoms with Crippen molar-refractivity contribution in [2.24, 2.45) is 0 Å². The predicted molar refractivity (Wildman–Crippen MR) is 105 cm³/mol. The first-order valence-electron chi connectivity index (χ1n) is 8.60. The van der Waals surface area contributed by atoms with Gasteiger partial charge in [0.05, 0.1) is 11.1 Å². The maximum absolute atomic E-state index is 12.7. The van der Waals surface area contributed by atoms with Gasteiger partial charge in [-0.15, -0.1) is 13.2 Å². The van der Waals surface area contributed by atoms with E-state index in [4.69, 9.17) is 11.5 Å². The number of nitrogens with one attached hydrogen (secondary N) is 1. The molecule has 6 nitrogen and oxygen atoms in total. The summed E-state index contributed by atoms with van der Waals surface area (Å²) in [7, 11) is 0. The van der Waals surface area contributed by atoms with Crippen LogP contribution < -0.4 is 16.2 Å². The molecule has 0 fully saturated rings. The summed E-state index contributed by atoms with van der Waals surface area (Å²) in [4.78, 5) is 4.51. The molecule has 0 saturated heterocycles. The molecule has 9 heteroatoms. The number of nitrogens with zero attached hydrogens (tertiary/aromatic N) is 2. The first kappa shape index (κ1) is 18.6. The van der Waals surface area contributed by atoms with E-state index in [1.54, 1.807) is 6.07 Å². The van der Waals surface area contributed by atoms with Crippen LogP contribution in [0, 0.1) is 6.92 Å². The van der Waals surface area contributed by atoms with Crippen LogP contribution in [0.3, 0.4) is 0 Å². The van der Waals surface area contributed by atoms with Gasteiger partial charge in [-0.05, 0) is 30.2 Å². The number of nitrogens with two attached hydrogens (primary N) is 2. The van der Waals surface area contributed by atoms with Gasteiger partial charge in [-0.2, -0.15) is 5.10 Å². The van der Waals surface area contributed by atoms with Crippen molar-refractivity contribution in [3.63, 3.8) is 0 Å². The molecular formula is C20H16F3N5O. The summed E-state index contributed by atoms with van der Waals surface area (Å²) in [6.45, 7) is 1.91. The number of benzene rings is 2. The van der Waals surface area contributed by atoms with Crippen LogP contribution in [0.5, 0.6) is 5.75 Å². The van der Waals surface area contributed by atoms with E-state index in [9.17, 15) is 13.2 Å². The first-order valence-corrected chi connectivity index (χ1v) is 8.60. The number of ether oxygens (including phenoxy) is 1. The third-order valence-electron chi connectivity index (χ3n) is 4.53. The molecule has 0 atom stereocenters. The van der Waals surface area contributed by atoms with Crippen LogP contribution in [0.1, 0.15) is 5.56 Å². The highest BCUT2D eigenvalue weighted by atomic mass is 19.4. The van der Waals surface area contributed by atoms with E-state index in [-0.39, 0.29) is 17.4 Å². The maximum Gasteiger partial charge on any atom is 0.573 e. The fourth-order valence-corrected chi connectivity index (χ4v) is 3.31. The van der Waals surface area contributed by atoms with Crippen molar-refractivity contribution in [2.75, 3.05) is 11.5 Å². The van der Waals surface area contributed by atoms with Crippen molar-refractivity contribution in [2.45, 2.75) is 13.3 Å². The van der Waals surface area contributed by atoms with Gasteiger partial charge in [0.25, 0.3) is 0 Å². The highest BCUT2D eigenvalue weighted by Gasteiger charge is 2.31. The average Bonchev–Trinajstić information content (AvgIpc) is 3.03. The van der Waals surface area contributed by atoms with Crippen LogP contribution in [0.4, 0.5) is 24.8 Å². The Morgan fingerprint density at radius 2 is 1.76 bits per heavy atom. The number of rotatable bonds is 3. The Hall–Kier alpha value is -3.75. The third-order valence-corrected chi connectivity index (χ3v) is 4.53. The summed E-state index contributed by atoms with van der Waals surface area (Å²) in [5.74, 6) is 0.00718. The SMILES string of the molecule is Cc1ccccc1-c1nc(N)c2[nH]nc(N)c2c1-c1cccc(OC(F)(F)F)c1. The van der Waals surface area contributed by atoms with Crippen LogP contribution in [0.2, 0.25) is 0 Å². The molecule has 0 aliphatic rings. The molecule has 0 saturated carbocycles. The van der Waals surface area contributed by atoms with Crippen LogP contribution in [0.25, 0.3) is 33.3 Å². The van der Waals surface area contributed by atoms with Crippen LogP contribution in [0.15, 0.2) is 48.5 Å². The van der Waals surface area contributed by atoms with Crippen LogP contribution in [-0.2, 0) is 0 Å². The molecule has 0 unspecified atom stereocenters. The van der Waals surface area contributed by atoms with Gasteiger partial charge in [0, 0.05) is 11.1 Å². The van der Waals surface area contributed by atoms with Crippen molar-refractivity contribution in [1.82, 2.24) is 15.2 Å². The molecule has 0 amide bonds. The number of aromatic nitrogens is 3. The smallest absolute Gasteiger partial charge is 0.406 e. The molecule has 4 aromatic rings. The molecule has 0 spiro atoms. The molecule has 0 aliphatic carbocycles. The fourth-order valence-electron chi connectivity index (χ4n) is 3.31. The standard InChI is InChI=1S/C20H16F3N5O/c1-10-5-2-3-8-13(10)16-14(15-17(19(25)26-16)27-28-18(15)24)11-6-4-7-12(9-11)29-20(21,22)23/h2-9H,1H3,(H2,25,26)(H3,24,27,28). The van der Waals surface area contributed by atoms with Gasteiger partial charge in [-0.1, -0.05) is 36.4 Å². The van der Waals surface area contributed by atoms with Crippen molar-refractivity contribution in [3.8, 4) is 28.1 Å². The zero-order valence-electron chi connectivity index (χ0n) is 15.2. The van der Waals surface area contributed by atoms with Crippen molar-refractivity contribution >= 4 is 22.5 Å². The summed E-state index contributed by atoms with van der Waals surface area (Å²) in [6, 6.07) is 13.1. The van der Waals surface area contributed by atoms with Gasteiger partial charge >= 0.3 is 6.36 Å². The van der Waals surface area contributed by atoms with Gasteiger partial charge < -0.3 is 16.2 Å². The zero-order chi connectivity index (χ0) is 20.8. The second-order valence-corrected chi connectivity index (χ2v) is 6.47. The maximum atomic E-state index is 12.7. The Balaban J connectivity index is 2.05. The summed E-state index contributed by atoms with van der Waals surface area (Å²) in [6.07, 6.45) is -4.80. The van der Waals surface area contributed by atoms with E-state index >= 15 is 0 Å². The lowest BCUT2D eigenvalue weighted by Gasteiger charge is -2.15. The quantitative estimate of drug-likeness (QED) is 0.465. The lowest BCUT2D eigenvalue weighted by atomic mass is 9.93. The number of halogens is 3. The van der Waals surface area contributed by atoms with E-state index in [1.807, 2.05) is 31.2 Å². The summed E-state index contributed by atoms with van der Waals surface area (Å²) < 4.78 is 42.2. The van der Waals surface area contributed by atoms with E-state index in [1.165, 1.54) is 18.2 Å². The van der Waals surface area contributed by atoms with Crippen molar-refractivity contribution < 1.29 is 17.9 Å². The summed E-state index contributed by atoms with van der Waals surface area (Å²) >= 11 is 0. The molecule has 2 aromatic carbocycles. The number of pyridine rings is 1. The van der Waals surface area contributed by atoms with Crippen LogP contribution in [-0.4, -0.2) is 21.5 Å². The summed E-state index contributed by atoms with van der Waals surface area (Å²) in [5, 5.41) is 7.23. The molecule has 4 rings (SSSR count). The predicted octanol–water partition coefficient (Wildman–Crippen LogP) is 4.66. The van der Waals surface area contributed by atoms with E-state index in [2.05, 4.69) is 19.9 Å². The molecule has 29 heavy (non-hydrogen) atoms. The monoisotopic (exact) mass is 399 g/mol. The Bertz CT molecular complexity index is 1220. The Labute approximate surface area is 163 Å². The number of fused-ring (bicyclic) bond motifs is 1. The second-order valence-electron chi connectivity index (χ2n) is 6.47. The van der Waals surface area contributed by atoms with Gasteiger partial charge in [0.15, 0.2) is 5.82 Å². The van der Waals surface area contributed by atoms with E-state index in [0.29, 0.717) is 27.7 Å². The number of nitrogen functional groups attached to an aromatic ring is 2. The largest absolute Gasteiger partial charge is 0.573 e. The minimum atomic E-state index is -4.80. The molecule has 0 bridgehead atoms. The molecule has 5 N–H and O–H groups in total. The van der Waals surface area contributed by atoms with Crippen molar-refractivity contribution in [3.05, 3.63) is 54.1 Å². The average molecular weight is 399 g/mol. The van der Waals surface area contributed by atoms with E-state index in [0.717, 1.165) is 11.1 Å². The molecule has 2 heterocycles. The minimum Gasteiger partial charge on any atom is -0.406 e. The number of aromatic amines is 1. The fraction of sp³-hybridized carbons (Fsp3) is 0.100. The Kier molecular flexibility index (Phi) is 4.30. The van der Waals surface area contributed by atoms with Crippen LogP contribution >= 0.6 is 0 Å². The number of H-pyrrole nitrogens is 1. The Morgan fingerprint density at radius 1 is 1.00 bits per heavy atom. The highest BCUT2D eigenvalue weighted by molar-refractivity contribution is 6.10. The lowest BCUT2D eigenvalue weighted by Crippen LogP contribution is -2.17. The van der Waals surface area contributed by atoms with Crippen molar-refractivity contribution in [1.29, 1.82) is 0 Å². The molecule has 0 aliphatic heterocycles. The number of anilines is 2. The lowest BCUT2D eigenvalue weighted by molar-refractivity contribution is -0.274. The molecular weight excluding hydrogens is 383 g/mol. The van der Waals surface area contributed by atoms with Gasteiger partial charge in [-0.25, -0.2) is 4.98 Å². The molecule has 2 aromatic heterocycles. The third kappa shape index (κ3) is 3.42. The summed E-state index contributed by atoms with van der Waals surface area (Å²) in [5.41, 5.74) is 15.7. The topological polar surface area (TPSA) is 103 Å². The van der Waals surface area contributed by atoms with Gasteiger partial charge in [0.1, 0.15) is 17.1 Å². The number of hydrogen-bond acceptors (Lipinski definition) is 5. The van der Waals surface area contributed by atoms with Gasteiger partial charge in [-0.3, -0.25) is 5.10 Å². The molecule has 148 valence electrons. The highest BCUT2D eigenvalue weighted by Crippen LogP contribution is 2.42. The van der Waals surface area contributed by atoms with Gasteiger partial charge in [0.2, 0.25) is 0 Å². The van der Waals surface area contributed by atoms with E-state index < -0.39 is 6.36 Å².